The van der Waals surface area contributed by atoms with Gasteiger partial charge in [-0.05, 0) is 63.5 Å². The smallest absolute Gasteiger partial charge is 0.122 e. The number of hydrogen-bond acceptors (Lipinski definition) is 3. The molecule has 0 amide bonds. The van der Waals surface area contributed by atoms with E-state index in [4.69, 9.17) is 4.74 Å². The first kappa shape index (κ1) is 16.3. The van der Waals surface area contributed by atoms with Crippen molar-refractivity contribution in [1.29, 1.82) is 0 Å². The summed E-state index contributed by atoms with van der Waals surface area (Å²) in [7, 11) is 0. The summed E-state index contributed by atoms with van der Waals surface area (Å²) in [5.74, 6) is 1.03. The summed E-state index contributed by atoms with van der Waals surface area (Å²) in [6, 6.07) is 6.94. The van der Waals surface area contributed by atoms with Crippen LogP contribution in [0.5, 0.6) is 5.75 Å². The molecule has 1 aromatic carbocycles. The van der Waals surface area contributed by atoms with E-state index < -0.39 is 0 Å². The second kappa shape index (κ2) is 8.40. The maximum Gasteiger partial charge on any atom is 0.122 e. The molecule has 1 aliphatic heterocycles. The van der Waals surface area contributed by atoms with Crippen molar-refractivity contribution in [3.05, 3.63) is 29.3 Å². The average Bonchev–Trinajstić information content (AvgIpc) is 2.50. The molecule has 0 saturated carbocycles. The summed E-state index contributed by atoms with van der Waals surface area (Å²) in [6.07, 6.45) is 4.08. The van der Waals surface area contributed by atoms with Crippen LogP contribution in [0.3, 0.4) is 0 Å². The van der Waals surface area contributed by atoms with Gasteiger partial charge in [0, 0.05) is 12.6 Å². The Morgan fingerprint density at radius 2 is 2.00 bits per heavy atom. The highest BCUT2D eigenvalue weighted by molar-refractivity contribution is 5.37. The van der Waals surface area contributed by atoms with Crippen LogP contribution in [0.1, 0.15) is 50.3 Å². The van der Waals surface area contributed by atoms with Crippen LogP contribution in [-0.2, 0) is 0 Å². The highest BCUT2D eigenvalue weighted by Gasteiger charge is 2.10. The van der Waals surface area contributed by atoms with Crippen LogP contribution in [0.4, 0.5) is 0 Å². The molecule has 0 bridgehead atoms. The van der Waals surface area contributed by atoms with Gasteiger partial charge in [-0.1, -0.05) is 25.5 Å². The summed E-state index contributed by atoms with van der Waals surface area (Å²) >= 11 is 0. The van der Waals surface area contributed by atoms with Crippen LogP contribution in [-0.4, -0.2) is 37.7 Å². The third-order valence-corrected chi connectivity index (χ3v) is 4.32. The minimum absolute atomic E-state index is 0.399. The molecule has 1 aromatic rings. The van der Waals surface area contributed by atoms with Gasteiger partial charge in [-0.15, -0.1) is 0 Å². The van der Waals surface area contributed by atoms with Gasteiger partial charge >= 0.3 is 0 Å². The van der Waals surface area contributed by atoms with Crippen molar-refractivity contribution in [3.63, 3.8) is 0 Å². The normalized spacial score (nSPS) is 17.7. The topological polar surface area (TPSA) is 24.5 Å². The fraction of sp³-hybridized carbons (Fsp3) is 0.667. The van der Waals surface area contributed by atoms with Gasteiger partial charge in [0.1, 0.15) is 12.4 Å². The quantitative estimate of drug-likeness (QED) is 0.831. The Morgan fingerprint density at radius 1 is 1.24 bits per heavy atom. The van der Waals surface area contributed by atoms with Gasteiger partial charge in [-0.2, -0.15) is 0 Å². The highest BCUT2D eigenvalue weighted by Crippen LogP contribution is 2.22. The van der Waals surface area contributed by atoms with Crippen LogP contribution in [0, 0.1) is 6.92 Å². The second-order valence-corrected chi connectivity index (χ2v) is 6.06. The number of aryl methyl sites for hydroxylation is 1. The summed E-state index contributed by atoms with van der Waals surface area (Å²) in [4.78, 5) is 2.51. The van der Waals surface area contributed by atoms with Crippen molar-refractivity contribution in [2.45, 2.75) is 46.1 Å². The molecule has 0 aliphatic carbocycles. The Balaban J connectivity index is 1.82. The Morgan fingerprint density at radius 3 is 2.67 bits per heavy atom. The minimum Gasteiger partial charge on any atom is -0.492 e. The largest absolute Gasteiger partial charge is 0.492 e. The van der Waals surface area contributed by atoms with Crippen molar-refractivity contribution in [2.24, 2.45) is 0 Å². The van der Waals surface area contributed by atoms with Crippen molar-refractivity contribution in [1.82, 2.24) is 10.2 Å². The molecule has 1 heterocycles. The molecule has 1 N–H and O–H groups in total. The summed E-state index contributed by atoms with van der Waals surface area (Å²) < 4.78 is 5.97. The Labute approximate surface area is 129 Å². The maximum atomic E-state index is 5.97. The lowest BCUT2D eigenvalue weighted by Crippen LogP contribution is -2.33. The van der Waals surface area contributed by atoms with Gasteiger partial charge in [0.25, 0.3) is 0 Å². The van der Waals surface area contributed by atoms with E-state index in [-0.39, 0.29) is 0 Å². The number of nitrogens with one attached hydrogen (secondary N) is 1. The number of likely N-dealkylation sites (tertiary alicyclic amines) is 1. The third kappa shape index (κ3) is 5.01. The minimum atomic E-state index is 0.399. The van der Waals surface area contributed by atoms with Crippen LogP contribution in [0.2, 0.25) is 0 Å². The van der Waals surface area contributed by atoms with Gasteiger partial charge < -0.3 is 10.1 Å². The molecule has 0 radical (unpaired) electrons. The average molecular weight is 290 g/mol. The molecule has 1 unspecified atom stereocenters. The van der Waals surface area contributed by atoms with Gasteiger partial charge in [0.2, 0.25) is 0 Å². The maximum absolute atomic E-state index is 5.97. The fourth-order valence-electron chi connectivity index (χ4n) is 3.00. The molecule has 1 aliphatic rings. The van der Waals surface area contributed by atoms with Crippen LogP contribution in [0.15, 0.2) is 18.2 Å². The molecular formula is C18H30N2O. The Bertz CT molecular complexity index is 427. The summed E-state index contributed by atoms with van der Waals surface area (Å²) in [5.41, 5.74) is 2.56. The molecule has 1 fully saturated rings. The van der Waals surface area contributed by atoms with E-state index in [1.165, 1.54) is 43.5 Å². The van der Waals surface area contributed by atoms with E-state index in [1.54, 1.807) is 0 Å². The number of ether oxygens (including phenoxy) is 1. The van der Waals surface area contributed by atoms with Gasteiger partial charge in [0.15, 0.2) is 0 Å². The van der Waals surface area contributed by atoms with Gasteiger partial charge in [0.05, 0.1) is 0 Å². The van der Waals surface area contributed by atoms with Gasteiger partial charge in [-0.3, -0.25) is 4.90 Å². The van der Waals surface area contributed by atoms with E-state index in [0.717, 1.165) is 25.4 Å². The number of hydrogen-bond donors (Lipinski definition) is 1. The second-order valence-electron chi connectivity index (χ2n) is 6.06. The van der Waals surface area contributed by atoms with E-state index in [1.807, 2.05) is 0 Å². The fourth-order valence-corrected chi connectivity index (χ4v) is 3.00. The Hall–Kier alpha value is -1.06. The molecular weight excluding hydrogens is 260 g/mol. The van der Waals surface area contributed by atoms with Crippen molar-refractivity contribution in [3.8, 4) is 5.75 Å². The first-order valence-corrected chi connectivity index (χ1v) is 8.39. The number of nitrogens with zero attached hydrogens (tertiary/aromatic N) is 1. The van der Waals surface area contributed by atoms with Crippen LogP contribution < -0.4 is 10.1 Å². The van der Waals surface area contributed by atoms with Crippen molar-refractivity contribution < 1.29 is 4.74 Å². The molecule has 2 rings (SSSR count). The molecule has 1 saturated heterocycles. The number of benzene rings is 1. The SMILES string of the molecule is CCNC(C)c1ccc(OCCN2CCCCC2)c(C)c1. The monoisotopic (exact) mass is 290 g/mol. The molecule has 0 spiro atoms. The summed E-state index contributed by atoms with van der Waals surface area (Å²) in [5, 5.41) is 3.45. The lowest BCUT2D eigenvalue weighted by atomic mass is 10.1. The molecule has 3 heteroatoms. The van der Waals surface area contributed by atoms with E-state index in [2.05, 4.69) is 49.2 Å². The molecule has 0 aromatic heterocycles. The van der Waals surface area contributed by atoms with Crippen molar-refractivity contribution >= 4 is 0 Å². The predicted molar refractivity (Wildman–Crippen MR) is 89.1 cm³/mol. The number of piperidine rings is 1. The van der Waals surface area contributed by atoms with Crippen molar-refractivity contribution in [2.75, 3.05) is 32.8 Å². The third-order valence-electron chi connectivity index (χ3n) is 4.32. The molecule has 3 nitrogen and oxygen atoms in total. The van der Waals surface area contributed by atoms with E-state index >= 15 is 0 Å². The van der Waals surface area contributed by atoms with E-state index in [0.29, 0.717) is 6.04 Å². The zero-order valence-corrected chi connectivity index (χ0v) is 13.8. The predicted octanol–water partition coefficient (Wildman–Crippen LogP) is 3.53. The highest BCUT2D eigenvalue weighted by atomic mass is 16.5. The van der Waals surface area contributed by atoms with E-state index in [9.17, 15) is 0 Å². The first-order valence-electron chi connectivity index (χ1n) is 8.39. The zero-order valence-electron chi connectivity index (χ0n) is 13.8. The summed E-state index contributed by atoms with van der Waals surface area (Å²) in [6.45, 7) is 11.8. The zero-order chi connectivity index (χ0) is 15.1. The molecule has 118 valence electrons. The first-order chi connectivity index (χ1) is 10.2. The standard InChI is InChI=1S/C18H30N2O/c1-4-19-16(3)17-8-9-18(15(2)14-17)21-13-12-20-10-6-5-7-11-20/h8-9,14,16,19H,4-7,10-13H2,1-3H3. The van der Waals surface area contributed by atoms with Crippen LogP contribution in [0.25, 0.3) is 0 Å². The molecule has 1 atom stereocenters. The lowest BCUT2D eigenvalue weighted by Gasteiger charge is -2.26. The Kier molecular flexibility index (Phi) is 6.52. The van der Waals surface area contributed by atoms with Crippen LogP contribution >= 0.6 is 0 Å². The lowest BCUT2D eigenvalue weighted by molar-refractivity contribution is 0.183. The molecule has 21 heavy (non-hydrogen) atoms. The van der Waals surface area contributed by atoms with Gasteiger partial charge in [-0.25, -0.2) is 0 Å². The number of rotatable bonds is 7.